The minimum absolute atomic E-state index is 0.294. The van der Waals surface area contributed by atoms with Gasteiger partial charge in [0.05, 0.1) is 24.2 Å². The quantitative estimate of drug-likeness (QED) is 0.354. The number of morpholine rings is 1. The molecule has 42 heavy (non-hydrogen) atoms. The van der Waals surface area contributed by atoms with E-state index in [-0.39, 0.29) is 0 Å². The molecule has 1 amide bonds. The smallest absolute Gasteiger partial charge is 0.378 e. The molecule has 1 N–H and O–H groups in total. The number of anilines is 1. The highest BCUT2D eigenvalue weighted by molar-refractivity contribution is 5.82. The van der Waals surface area contributed by atoms with E-state index in [0.717, 1.165) is 58.1 Å². The Labute approximate surface area is 241 Å². The van der Waals surface area contributed by atoms with Crippen LogP contribution in [0, 0.1) is 0 Å². The van der Waals surface area contributed by atoms with Crippen molar-refractivity contribution in [2.24, 2.45) is 0 Å². The van der Waals surface area contributed by atoms with E-state index in [0.29, 0.717) is 52.4 Å². The van der Waals surface area contributed by atoms with Gasteiger partial charge in [0.25, 0.3) is 0 Å². The van der Waals surface area contributed by atoms with Gasteiger partial charge in [0, 0.05) is 70.3 Å². The number of hydrogen-bond acceptors (Lipinski definition) is 7. The lowest BCUT2D eigenvalue weighted by molar-refractivity contribution is -0.162. The fourth-order valence-electron chi connectivity index (χ4n) is 5.48. The summed E-state index contributed by atoms with van der Waals surface area (Å²) in [5.41, 5.74) is 5.92. The third kappa shape index (κ3) is 6.88. The Morgan fingerprint density at radius 1 is 0.905 bits per heavy atom. The van der Waals surface area contributed by atoms with Crippen LogP contribution in [-0.2, 0) is 22.5 Å². The molecule has 12 heteroatoms. The first-order valence-electron chi connectivity index (χ1n) is 14.1. The molecular weight excluding hydrogens is 547 g/mol. The second-order valence-electron chi connectivity index (χ2n) is 10.7. The maximum atomic E-state index is 12.6. The predicted molar refractivity (Wildman–Crippen MR) is 152 cm³/mol. The van der Waals surface area contributed by atoms with E-state index < -0.39 is 18.5 Å². The lowest BCUT2D eigenvalue weighted by atomic mass is 10.1. The molecule has 4 aromatic rings. The number of halogens is 3. The zero-order valence-corrected chi connectivity index (χ0v) is 23.1. The molecular formula is C30H32F3N7O2. The molecule has 5 heterocycles. The van der Waals surface area contributed by atoms with Gasteiger partial charge in [0.2, 0.25) is 5.91 Å². The molecule has 9 nitrogen and oxygen atoms in total. The molecule has 0 bridgehead atoms. The molecule has 0 unspecified atom stereocenters. The summed E-state index contributed by atoms with van der Waals surface area (Å²) in [4.78, 5) is 34.9. The maximum absolute atomic E-state index is 12.6. The van der Waals surface area contributed by atoms with Crippen molar-refractivity contribution in [2.75, 3.05) is 57.4 Å². The van der Waals surface area contributed by atoms with Gasteiger partial charge in [-0.15, -0.1) is 0 Å². The molecule has 2 fully saturated rings. The fraction of sp³-hybridized carbons (Fsp3) is 0.400. The minimum atomic E-state index is -4.48. The van der Waals surface area contributed by atoms with Gasteiger partial charge in [0.15, 0.2) is 0 Å². The van der Waals surface area contributed by atoms with Crippen molar-refractivity contribution in [3.8, 4) is 11.1 Å². The van der Waals surface area contributed by atoms with Gasteiger partial charge in [-0.3, -0.25) is 14.7 Å². The largest absolute Gasteiger partial charge is 0.397 e. The molecule has 220 valence electrons. The first-order chi connectivity index (χ1) is 20.3. The fourth-order valence-corrected chi connectivity index (χ4v) is 5.48. The Morgan fingerprint density at radius 2 is 1.67 bits per heavy atom. The van der Waals surface area contributed by atoms with Gasteiger partial charge in [0.1, 0.15) is 18.1 Å². The molecule has 2 saturated heterocycles. The summed E-state index contributed by atoms with van der Waals surface area (Å²) in [6.45, 7) is 5.36. The summed E-state index contributed by atoms with van der Waals surface area (Å²) in [7, 11) is 0. The molecule has 3 aromatic heterocycles. The van der Waals surface area contributed by atoms with E-state index in [1.54, 1.807) is 6.20 Å². The van der Waals surface area contributed by atoms with E-state index in [9.17, 15) is 18.0 Å². The SMILES string of the molecule is O=C(CC(F)(F)F)N1CCN(Cc2ccnc(Cc3nc4ccc(-c5ccnc(N6CCOCC6)c5)cc4[nH]3)c2)CC1. The Kier molecular flexibility index (Phi) is 8.07. The monoisotopic (exact) mass is 579 g/mol. The summed E-state index contributed by atoms with van der Waals surface area (Å²) in [5, 5.41) is 0. The number of rotatable bonds is 7. The van der Waals surface area contributed by atoms with E-state index in [1.807, 2.05) is 30.5 Å². The van der Waals surface area contributed by atoms with E-state index >= 15 is 0 Å². The number of pyridine rings is 2. The van der Waals surface area contributed by atoms with Crippen LogP contribution in [0.2, 0.25) is 0 Å². The van der Waals surface area contributed by atoms with Crippen LogP contribution in [-0.4, -0.2) is 94.3 Å². The third-order valence-corrected chi connectivity index (χ3v) is 7.66. The number of hydrogen-bond donors (Lipinski definition) is 1. The van der Waals surface area contributed by atoms with Crippen molar-refractivity contribution in [1.82, 2.24) is 29.7 Å². The van der Waals surface area contributed by atoms with Crippen molar-refractivity contribution in [3.05, 3.63) is 71.9 Å². The van der Waals surface area contributed by atoms with Crippen LogP contribution < -0.4 is 4.90 Å². The number of aromatic amines is 1. The number of alkyl halides is 3. The second kappa shape index (κ2) is 12.1. The molecule has 2 aliphatic heterocycles. The highest BCUT2D eigenvalue weighted by atomic mass is 19.4. The predicted octanol–water partition coefficient (Wildman–Crippen LogP) is 4.04. The Morgan fingerprint density at radius 3 is 2.45 bits per heavy atom. The van der Waals surface area contributed by atoms with Gasteiger partial charge in [-0.05, 0) is 53.1 Å². The number of amides is 1. The summed E-state index contributed by atoms with van der Waals surface area (Å²) in [5.74, 6) is 0.904. The van der Waals surface area contributed by atoms with Crippen molar-refractivity contribution in [2.45, 2.75) is 25.6 Å². The lowest BCUT2D eigenvalue weighted by Crippen LogP contribution is -2.49. The first kappa shape index (κ1) is 28.1. The highest BCUT2D eigenvalue weighted by Gasteiger charge is 2.34. The number of ether oxygens (including phenoxy) is 1. The molecule has 6 rings (SSSR count). The normalized spacial score (nSPS) is 16.7. The number of benzene rings is 1. The molecule has 0 aliphatic carbocycles. The highest BCUT2D eigenvalue weighted by Crippen LogP contribution is 2.27. The van der Waals surface area contributed by atoms with E-state index in [2.05, 4.69) is 43.0 Å². The number of carbonyl (C=O) groups excluding carboxylic acids is 1. The second-order valence-corrected chi connectivity index (χ2v) is 10.7. The van der Waals surface area contributed by atoms with Crippen molar-refractivity contribution in [3.63, 3.8) is 0 Å². The van der Waals surface area contributed by atoms with Crippen LogP contribution in [0.15, 0.2) is 54.9 Å². The van der Waals surface area contributed by atoms with Crippen LogP contribution in [0.25, 0.3) is 22.2 Å². The standard InChI is InChI=1S/C30H32F3N7O2/c31-30(32,33)19-29(41)40-9-7-38(8-10-40)20-21-3-5-34-24(15-21)18-27-36-25-2-1-22(16-26(25)37-27)23-4-6-35-28(17-23)39-11-13-42-14-12-39/h1-6,15-17H,7-14,18-20H2,(H,36,37). The van der Waals surface area contributed by atoms with Crippen LogP contribution >= 0.6 is 0 Å². The van der Waals surface area contributed by atoms with Crippen molar-refractivity contribution in [1.29, 1.82) is 0 Å². The third-order valence-electron chi connectivity index (χ3n) is 7.66. The first-order valence-corrected chi connectivity index (χ1v) is 14.1. The lowest BCUT2D eigenvalue weighted by Gasteiger charge is -2.35. The molecule has 0 spiro atoms. The number of carbonyl (C=O) groups is 1. The number of nitrogens with zero attached hydrogens (tertiary/aromatic N) is 6. The van der Waals surface area contributed by atoms with Gasteiger partial charge in [-0.2, -0.15) is 13.2 Å². The maximum Gasteiger partial charge on any atom is 0.397 e. The molecule has 1 aromatic carbocycles. The summed E-state index contributed by atoms with van der Waals surface area (Å²) < 4.78 is 43.2. The molecule has 0 saturated carbocycles. The number of piperazine rings is 1. The number of H-pyrrole nitrogens is 1. The van der Waals surface area contributed by atoms with Gasteiger partial charge < -0.3 is 19.5 Å². The molecule has 0 atom stereocenters. The van der Waals surface area contributed by atoms with Crippen molar-refractivity contribution >= 4 is 22.8 Å². The van der Waals surface area contributed by atoms with E-state index in [4.69, 9.17) is 9.72 Å². The average Bonchev–Trinajstić information content (AvgIpc) is 3.39. The number of aromatic nitrogens is 4. The summed E-state index contributed by atoms with van der Waals surface area (Å²) >= 11 is 0. The zero-order chi connectivity index (χ0) is 29.1. The van der Waals surface area contributed by atoms with Gasteiger partial charge in [-0.1, -0.05) is 6.07 Å². The van der Waals surface area contributed by atoms with Crippen LogP contribution in [0.3, 0.4) is 0 Å². The zero-order valence-electron chi connectivity index (χ0n) is 23.1. The number of imidazole rings is 1. The van der Waals surface area contributed by atoms with E-state index in [1.165, 1.54) is 4.90 Å². The van der Waals surface area contributed by atoms with Crippen LogP contribution in [0.4, 0.5) is 19.0 Å². The molecule has 2 aliphatic rings. The molecule has 0 radical (unpaired) electrons. The van der Waals surface area contributed by atoms with Crippen LogP contribution in [0.1, 0.15) is 23.5 Å². The minimum Gasteiger partial charge on any atom is -0.378 e. The van der Waals surface area contributed by atoms with Crippen molar-refractivity contribution < 1.29 is 22.7 Å². The summed E-state index contributed by atoms with van der Waals surface area (Å²) in [6, 6.07) is 14.3. The Hall–Kier alpha value is -4.03. The average molecular weight is 580 g/mol. The Balaban J connectivity index is 1.09. The summed E-state index contributed by atoms with van der Waals surface area (Å²) in [6.07, 6.45) is -1.73. The Bertz CT molecular complexity index is 1540. The van der Waals surface area contributed by atoms with Gasteiger partial charge in [-0.25, -0.2) is 9.97 Å². The van der Waals surface area contributed by atoms with Gasteiger partial charge >= 0.3 is 6.18 Å². The topological polar surface area (TPSA) is 90.5 Å². The number of nitrogens with one attached hydrogen (secondary N) is 1. The van der Waals surface area contributed by atoms with Crippen LogP contribution in [0.5, 0.6) is 0 Å². The number of fused-ring (bicyclic) bond motifs is 1.